The fraction of sp³-hybridized carbons (Fsp3) is 0.685. The lowest BCUT2D eigenvalue weighted by Gasteiger charge is -2.37. The molecule has 0 bridgehead atoms. The van der Waals surface area contributed by atoms with Crippen molar-refractivity contribution in [2.45, 2.75) is 79.2 Å². The molecule has 0 radical (unpaired) electrons. The highest BCUT2D eigenvalue weighted by molar-refractivity contribution is 5.80. The van der Waals surface area contributed by atoms with E-state index in [1.807, 2.05) is 68.3 Å². The number of quaternary nitrogens is 1. The number of benzene rings is 2. The molecular weight excluding hydrogens is 865 g/mol. The molecule has 0 unspecified atom stereocenters. The second-order valence-electron chi connectivity index (χ2n) is 19.0. The van der Waals surface area contributed by atoms with Gasteiger partial charge < -0.3 is 65.8 Å². The van der Waals surface area contributed by atoms with E-state index in [0.717, 1.165) is 29.3 Å². The van der Waals surface area contributed by atoms with E-state index in [0.29, 0.717) is 5.75 Å². The fourth-order valence-electron chi connectivity index (χ4n) is 5.91. The number of aromatic hydroxyl groups is 3. The molecule has 4 heterocycles. The third kappa shape index (κ3) is 42.8. The molecule has 3 aromatic rings. The fourth-order valence-corrected chi connectivity index (χ4v) is 5.91. The summed E-state index contributed by atoms with van der Waals surface area (Å²) >= 11 is 0. The minimum absolute atomic E-state index is 0.0602. The molecule has 0 atom stereocenters. The molecule has 2 aromatic carbocycles. The van der Waals surface area contributed by atoms with Gasteiger partial charge in [0.15, 0.2) is 11.5 Å². The number of phenols is 3. The predicted octanol–water partition coefficient (Wildman–Crippen LogP) is 5.93. The molecule has 4 fully saturated rings. The highest BCUT2D eigenvalue weighted by atomic mass is 16.3. The summed E-state index contributed by atoms with van der Waals surface area (Å²) in [6, 6.07) is 15.3. The van der Waals surface area contributed by atoms with Crippen molar-refractivity contribution in [2.75, 3.05) is 164 Å². The Labute approximate surface area is 424 Å². The molecule has 15 nitrogen and oxygen atoms in total. The molecule has 402 valence electrons. The standard InChI is InChI=1S/C9H12N2O.C7H17N2.C7H11N.C7H8O2.C6H14N2.C6H13N.C4H9N.C4H11N.2C2H7N/c1-7-3-4-8(5-9(7)12)6-11-10-2;1-8-4-6-9(2,3)7-5-8;1-6-4-5-7(2)8(6)3;1-5-2-3-6(8)7(9)4-5;1-7-3-5-8(2)6-4-7;1-7-5-3-2-4-6-7;1-5-4-2-3-4;1-3-4-5-2;2*1-3-2/h3-6,10,12H,1-2H3;4-7H2,1-3H3;4-5H,1-3H3;2-4,8-9H,1H3;3-6H2,1-2H3;2-6H2,1H3;4-5H,2-3H2,1H3;5H,3-4H2,1-2H3;2*3H,1-2H3/q;+1;;;;;;;;. The van der Waals surface area contributed by atoms with Crippen molar-refractivity contribution in [3.63, 3.8) is 0 Å². The summed E-state index contributed by atoms with van der Waals surface area (Å²) in [5.74, 6) is 0.172. The number of aryl methyl sites for hydroxylation is 4. The second-order valence-corrected chi connectivity index (χ2v) is 19.0. The smallest absolute Gasteiger partial charge is 0.157 e. The highest BCUT2D eigenvalue weighted by Gasteiger charge is 2.21. The van der Waals surface area contributed by atoms with Crippen molar-refractivity contribution in [2.24, 2.45) is 12.1 Å². The Morgan fingerprint density at radius 2 is 1.06 bits per heavy atom. The number of hydrogen-bond acceptors (Lipinski definition) is 13. The van der Waals surface area contributed by atoms with Gasteiger partial charge in [0.05, 0.1) is 33.4 Å². The van der Waals surface area contributed by atoms with Crippen LogP contribution in [0.1, 0.15) is 73.5 Å². The second kappa shape index (κ2) is 44.2. The molecule has 0 spiro atoms. The van der Waals surface area contributed by atoms with Gasteiger partial charge in [-0.3, -0.25) is 4.90 Å². The number of rotatable bonds is 5. The maximum atomic E-state index is 9.32. The number of aromatic nitrogens is 1. The van der Waals surface area contributed by atoms with E-state index < -0.39 is 0 Å². The molecule has 8 N–H and O–H groups in total. The van der Waals surface area contributed by atoms with Crippen LogP contribution >= 0.6 is 0 Å². The Hall–Kier alpha value is -3.77. The molecule has 0 amide bonds. The SMILES string of the molecule is CCCNC.CN1CCCCC1.CN1CCN(C)CC1.CN1CC[N+](C)(C)CC1.CNC.CNC.CNC1CC1.CNN=Cc1ccc(C)c(O)c1.Cc1ccc(C)n1C.Cc1ccc(O)c(O)c1. The molecule has 3 saturated heterocycles. The van der Waals surface area contributed by atoms with Crippen LogP contribution < -0.4 is 26.7 Å². The number of nitrogens with zero attached hydrogens (tertiary/aromatic N) is 7. The van der Waals surface area contributed by atoms with Crippen molar-refractivity contribution in [1.29, 1.82) is 0 Å². The van der Waals surface area contributed by atoms with Crippen molar-refractivity contribution >= 4 is 6.21 Å². The van der Waals surface area contributed by atoms with Crippen LogP contribution in [-0.2, 0) is 7.05 Å². The normalized spacial score (nSPS) is 16.3. The van der Waals surface area contributed by atoms with Gasteiger partial charge in [0.2, 0.25) is 0 Å². The van der Waals surface area contributed by atoms with Crippen LogP contribution in [0.2, 0.25) is 0 Å². The van der Waals surface area contributed by atoms with E-state index in [1.165, 1.54) is 132 Å². The van der Waals surface area contributed by atoms with Gasteiger partial charge in [0, 0.05) is 70.8 Å². The molecule has 1 aromatic heterocycles. The monoisotopic (exact) mass is 974 g/mol. The van der Waals surface area contributed by atoms with Crippen molar-refractivity contribution in [1.82, 2.24) is 50.9 Å². The first-order valence-corrected chi connectivity index (χ1v) is 25.2. The summed E-state index contributed by atoms with van der Waals surface area (Å²) in [6.07, 6.45) is 9.96. The summed E-state index contributed by atoms with van der Waals surface area (Å²) in [7, 11) is 28.6. The number of piperazine rings is 2. The van der Waals surface area contributed by atoms with E-state index in [-0.39, 0.29) is 11.5 Å². The molecule has 69 heavy (non-hydrogen) atoms. The first-order chi connectivity index (χ1) is 32.6. The van der Waals surface area contributed by atoms with Gasteiger partial charge in [-0.2, -0.15) is 5.10 Å². The first kappa shape index (κ1) is 69.5. The number of phenolic OH excluding ortho intramolecular Hbond substituents is 3. The largest absolute Gasteiger partial charge is 0.508 e. The minimum Gasteiger partial charge on any atom is -0.508 e. The van der Waals surface area contributed by atoms with Crippen molar-refractivity contribution in [3.8, 4) is 17.2 Å². The zero-order valence-electron chi connectivity index (χ0n) is 47.8. The maximum Gasteiger partial charge on any atom is 0.157 e. The summed E-state index contributed by atoms with van der Waals surface area (Å²) in [4.78, 5) is 9.51. The van der Waals surface area contributed by atoms with E-state index in [2.05, 4.69) is 138 Å². The zero-order valence-corrected chi connectivity index (χ0v) is 47.8. The lowest BCUT2D eigenvalue weighted by Crippen LogP contribution is -2.53. The Bertz CT molecular complexity index is 1590. The van der Waals surface area contributed by atoms with E-state index in [4.69, 9.17) is 10.2 Å². The highest BCUT2D eigenvalue weighted by Crippen LogP contribution is 2.24. The number of hydrazone groups is 1. The predicted molar refractivity (Wildman–Crippen MR) is 301 cm³/mol. The maximum absolute atomic E-state index is 9.32. The number of likely N-dealkylation sites (N-methyl/N-ethyl adjacent to an activating group) is 4. The van der Waals surface area contributed by atoms with Gasteiger partial charge >= 0.3 is 0 Å². The van der Waals surface area contributed by atoms with Crippen LogP contribution in [0.3, 0.4) is 0 Å². The summed E-state index contributed by atoms with van der Waals surface area (Å²) in [5.41, 5.74) is 7.97. The van der Waals surface area contributed by atoms with Gasteiger partial charge in [0.25, 0.3) is 0 Å². The van der Waals surface area contributed by atoms with Crippen molar-refractivity contribution in [3.05, 3.63) is 76.6 Å². The first-order valence-electron chi connectivity index (χ1n) is 25.2. The van der Waals surface area contributed by atoms with Gasteiger partial charge in [0.1, 0.15) is 5.75 Å². The number of nitrogens with one attached hydrogen (secondary N) is 5. The topological polar surface area (TPSA) is 151 Å². The van der Waals surface area contributed by atoms with Crippen LogP contribution in [0.15, 0.2) is 53.6 Å². The lowest BCUT2D eigenvalue weighted by atomic mass is 10.1. The lowest BCUT2D eigenvalue weighted by molar-refractivity contribution is -0.894. The molecule has 4 aliphatic rings. The van der Waals surface area contributed by atoms with E-state index in [1.54, 1.807) is 25.4 Å². The molecule has 1 aliphatic carbocycles. The zero-order chi connectivity index (χ0) is 53.2. The Morgan fingerprint density at radius 1 is 0.594 bits per heavy atom. The summed E-state index contributed by atoms with van der Waals surface area (Å²) in [6.45, 7) is 23.9. The molecule has 15 heteroatoms. The summed E-state index contributed by atoms with van der Waals surface area (Å²) < 4.78 is 3.37. The van der Waals surface area contributed by atoms with Crippen molar-refractivity contribution < 1.29 is 19.8 Å². The van der Waals surface area contributed by atoms with Gasteiger partial charge in [-0.1, -0.05) is 31.5 Å². The number of likely N-dealkylation sites (tertiary alicyclic amines) is 1. The van der Waals surface area contributed by atoms with Crippen LogP contribution in [0.5, 0.6) is 17.2 Å². The Kier molecular flexibility index (Phi) is 44.5. The molecule has 7 rings (SSSR count). The van der Waals surface area contributed by atoms with Crippen LogP contribution in [0.25, 0.3) is 0 Å². The van der Waals surface area contributed by atoms with Gasteiger partial charge in [-0.15, -0.1) is 0 Å². The molecular formula is C54H109N12O3+. The Balaban J connectivity index is -0.000000717. The minimum atomic E-state index is -0.0689. The van der Waals surface area contributed by atoms with Crippen LogP contribution in [-0.4, -0.2) is 220 Å². The third-order valence-electron chi connectivity index (χ3n) is 11.3. The van der Waals surface area contributed by atoms with Crippen LogP contribution in [0, 0.1) is 27.7 Å². The molecule has 3 aliphatic heterocycles. The van der Waals surface area contributed by atoms with Crippen LogP contribution in [0.4, 0.5) is 0 Å². The average Bonchev–Trinajstić information content (AvgIpc) is 4.12. The van der Waals surface area contributed by atoms with E-state index in [9.17, 15) is 5.11 Å². The number of piperidine rings is 1. The third-order valence-corrected chi connectivity index (χ3v) is 11.3. The Morgan fingerprint density at radius 3 is 1.33 bits per heavy atom. The van der Waals surface area contributed by atoms with Gasteiger partial charge in [-0.25, -0.2) is 0 Å². The number of hydrogen-bond donors (Lipinski definition) is 8. The average molecular weight is 975 g/mol. The van der Waals surface area contributed by atoms with Gasteiger partial charge in [-0.05, 0) is 197 Å². The summed E-state index contributed by atoms with van der Waals surface area (Å²) in [5, 5.41) is 42.4. The molecule has 1 saturated carbocycles. The quantitative estimate of drug-likeness (QED) is 0.0663. The van der Waals surface area contributed by atoms with E-state index >= 15 is 0 Å².